The molecule has 3 aromatic rings. The summed E-state index contributed by atoms with van der Waals surface area (Å²) >= 11 is 0. The molecule has 1 fully saturated rings. The molecule has 5 nitrogen and oxygen atoms in total. The predicted octanol–water partition coefficient (Wildman–Crippen LogP) is 5.17. The molecule has 2 amide bonds. The zero-order valence-electron chi connectivity index (χ0n) is 19.3. The van der Waals surface area contributed by atoms with Gasteiger partial charge in [0.15, 0.2) is 0 Å². The molecule has 0 bridgehead atoms. The van der Waals surface area contributed by atoms with Crippen molar-refractivity contribution in [3.05, 3.63) is 101 Å². The molecule has 0 radical (unpaired) electrons. The van der Waals surface area contributed by atoms with Crippen molar-refractivity contribution in [1.29, 1.82) is 0 Å². The molecule has 176 valence electrons. The Kier molecular flexibility index (Phi) is 7.70. The van der Waals surface area contributed by atoms with E-state index in [2.05, 4.69) is 27.7 Å². The fourth-order valence-corrected chi connectivity index (χ4v) is 4.33. The van der Waals surface area contributed by atoms with Crippen LogP contribution in [-0.2, 0) is 11.3 Å². The first-order chi connectivity index (χ1) is 16.5. The van der Waals surface area contributed by atoms with Crippen LogP contribution in [0.4, 0.5) is 10.1 Å². The monoisotopic (exact) mass is 459 g/mol. The number of rotatable bonds is 7. The van der Waals surface area contributed by atoms with Crippen LogP contribution >= 0.6 is 0 Å². The maximum absolute atomic E-state index is 13.1. The lowest BCUT2D eigenvalue weighted by molar-refractivity contribution is -0.127. The number of hydrogen-bond donors (Lipinski definition) is 2. The van der Waals surface area contributed by atoms with E-state index < -0.39 is 0 Å². The van der Waals surface area contributed by atoms with E-state index in [1.165, 1.54) is 29.8 Å². The maximum atomic E-state index is 13.1. The van der Waals surface area contributed by atoms with Crippen molar-refractivity contribution in [3.8, 4) is 0 Å². The molecule has 1 aliphatic rings. The lowest BCUT2D eigenvalue weighted by atomic mass is 9.96. The highest BCUT2D eigenvalue weighted by molar-refractivity contribution is 6.04. The molecule has 0 aliphatic carbocycles. The van der Waals surface area contributed by atoms with Crippen molar-refractivity contribution >= 4 is 17.5 Å². The Labute approximate surface area is 200 Å². The summed E-state index contributed by atoms with van der Waals surface area (Å²) < 4.78 is 13.1. The Balaban J connectivity index is 1.29. The minimum atomic E-state index is -0.380. The van der Waals surface area contributed by atoms with Crippen molar-refractivity contribution < 1.29 is 14.0 Å². The van der Waals surface area contributed by atoms with Crippen LogP contribution in [0.15, 0.2) is 78.9 Å². The zero-order valence-corrected chi connectivity index (χ0v) is 19.3. The van der Waals surface area contributed by atoms with Gasteiger partial charge in [0.25, 0.3) is 5.91 Å². The SMILES string of the molecule is CC(NC(=O)C1CCCN(Cc2ccccc2)C1)c1ccc(NC(=O)c2ccc(F)cc2)cc1. The van der Waals surface area contributed by atoms with Crippen LogP contribution in [0.3, 0.4) is 0 Å². The van der Waals surface area contributed by atoms with E-state index >= 15 is 0 Å². The number of amides is 2. The van der Waals surface area contributed by atoms with Crippen LogP contribution in [0.5, 0.6) is 0 Å². The second-order valence-electron chi connectivity index (χ2n) is 8.87. The molecule has 2 N–H and O–H groups in total. The van der Waals surface area contributed by atoms with Gasteiger partial charge in [-0.2, -0.15) is 0 Å². The standard InChI is InChI=1S/C28H30FN3O2/c1-20(22-11-15-26(16-12-22)31-27(33)23-9-13-25(29)14-10-23)30-28(34)24-8-5-17-32(19-24)18-21-6-3-2-4-7-21/h2-4,6-7,9-16,20,24H,5,8,17-19H2,1H3,(H,30,34)(H,31,33). The predicted molar refractivity (Wildman–Crippen MR) is 132 cm³/mol. The van der Waals surface area contributed by atoms with Crippen LogP contribution in [-0.4, -0.2) is 29.8 Å². The van der Waals surface area contributed by atoms with Gasteiger partial charge in [-0.25, -0.2) is 4.39 Å². The molecule has 1 aliphatic heterocycles. The smallest absolute Gasteiger partial charge is 0.255 e. The van der Waals surface area contributed by atoms with E-state index in [-0.39, 0.29) is 29.6 Å². The van der Waals surface area contributed by atoms with E-state index in [4.69, 9.17) is 0 Å². The third-order valence-electron chi connectivity index (χ3n) is 6.26. The van der Waals surface area contributed by atoms with Crippen molar-refractivity contribution in [3.63, 3.8) is 0 Å². The Hall–Kier alpha value is -3.51. The number of hydrogen-bond acceptors (Lipinski definition) is 3. The third kappa shape index (κ3) is 6.29. The molecule has 34 heavy (non-hydrogen) atoms. The summed E-state index contributed by atoms with van der Waals surface area (Å²) in [7, 11) is 0. The number of carbonyl (C=O) groups excluding carboxylic acids is 2. The average molecular weight is 460 g/mol. The minimum Gasteiger partial charge on any atom is -0.349 e. The van der Waals surface area contributed by atoms with Crippen LogP contribution in [0.25, 0.3) is 0 Å². The van der Waals surface area contributed by atoms with Crippen molar-refractivity contribution in [1.82, 2.24) is 10.2 Å². The number of benzene rings is 3. The average Bonchev–Trinajstić information content (AvgIpc) is 2.85. The van der Waals surface area contributed by atoms with Crippen molar-refractivity contribution in [2.45, 2.75) is 32.4 Å². The van der Waals surface area contributed by atoms with Gasteiger partial charge in [-0.1, -0.05) is 42.5 Å². The molecule has 1 heterocycles. The summed E-state index contributed by atoms with van der Waals surface area (Å²) in [6.45, 7) is 4.61. The Bertz CT molecular complexity index is 1100. The fourth-order valence-electron chi connectivity index (χ4n) is 4.33. The van der Waals surface area contributed by atoms with Crippen LogP contribution < -0.4 is 10.6 Å². The lowest BCUT2D eigenvalue weighted by Crippen LogP contribution is -2.43. The molecule has 0 aromatic heterocycles. The van der Waals surface area contributed by atoms with Crippen molar-refractivity contribution in [2.75, 3.05) is 18.4 Å². The number of anilines is 1. The zero-order chi connectivity index (χ0) is 23.9. The quantitative estimate of drug-likeness (QED) is 0.513. The number of nitrogens with zero attached hydrogens (tertiary/aromatic N) is 1. The topological polar surface area (TPSA) is 61.4 Å². The van der Waals surface area contributed by atoms with Gasteiger partial charge >= 0.3 is 0 Å². The summed E-state index contributed by atoms with van der Waals surface area (Å²) in [5.74, 6) is -0.617. The van der Waals surface area contributed by atoms with Gasteiger partial charge in [0.2, 0.25) is 5.91 Å². The van der Waals surface area contributed by atoms with Crippen molar-refractivity contribution in [2.24, 2.45) is 5.92 Å². The van der Waals surface area contributed by atoms with Crippen LogP contribution in [0.1, 0.15) is 47.3 Å². The van der Waals surface area contributed by atoms with E-state index in [1.54, 1.807) is 0 Å². The van der Waals surface area contributed by atoms with E-state index in [0.717, 1.165) is 38.0 Å². The maximum Gasteiger partial charge on any atom is 0.255 e. The first kappa shape index (κ1) is 23.6. The molecule has 0 spiro atoms. The summed E-state index contributed by atoms with van der Waals surface area (Å²) in [5, 5.41) is 5.96. The first-order valence-corrected chi connectivity index (χ1v) is 11.7. The largest absolute Gasteiger partial charge is 0.349 e. The van der Waals surface area contributed by atoms with E-state index in [0.29, 0.717) is 11.3 Å². The van der Waals surface area contributed by atoms with Gasteiger partial charge in [0.1, 0.15) is 5.82 Å². The molecular formula is C28H30FN3O2. The second-order valence-corrected chi connectivity index (χ2v) is 8.87. The summed E-state index contributed by atoms with van der Waals surface area (Å²) in [6.07, 6.45) is 1.92. The number of likely N-dealkylation sites (tertiary alicyclic amines) is 1. The second kappa shape index (κ2) is 11.1. The van der Waals surface area contributed by atoms with Crippen LogP contribution in [0.2, 0.25) is 0 Å². The number of halogens is 1. The van der Waals surface area contributed by atoms with Gasteiger partial charge in [0.05, 0.1) is 12.0 Å². The minimum absolute atomic E-state index is 0.0193. The normalized spacial score (nSPS) is 17.1. The Morgan fingerprint density at radius 2 is 1.71 bits per heavy atom. The molecule has 4 rings (SSSR count). The first-order valence-electron chi connectivity index (χ1n) is 11.7. The van der Waals surface area contributed by atoms with E-state index in [9.17, 15) is 14.0 Å². The summed E-state index contributed by atoms with van der Waals surface area (Å²) in [5.41, 5.74) is 3.26. The lowest BCUT2D eigenvalue weighted by Gasteiger charge is -2.32. The van der Waals surface area contributed by atoms with Gasteiger partial charge in [-0.3, -0.25) is 14.5 Å². The highest BCUT2D eigenvalue weighted by Gasteiger charge is 2.26. The highest BCUT2D eigenvalue weighted by atomic mass is 19.1. The summed E-state index contributed by atoms with van der Waals surface area (Å²) in [6, 6.07) is 23.0. The van der Waals surface area contributed by atoms with Gasteiger partial charge < -0.3 is 10.6 Å². The van der Waals surface area contributed by atoms with E-state index in [1.807, 2.05) is 49.4 Å². The number of nitrogens with one attached hydrogen (secondary N) is 2. The van der Waals surface area contributed by atoms with Gasteiger partial charge in [0, 0.05) is 24.3 Å². The molecule has 3 aromatic carbocycles. The van der Waals surface area contributed by atoms with Gasteiger partial charge in [-0.05, 0) is 73.8 Å². The van der Waals surface area contributed by atoms with Gasteiger partial charge in [-0.15, -0.1) is 0 Å². The molecule has 2 unspecified atom stereocenters. The number of piperidine rings is 1. The number of carbonyl (C=O) groups is 2. The molecular weight excluding hydrogens is 429 g/mol. The summed E-state index contributed by atoms with van der Waals surface area (Å²) in [4.78, 5) is 27.6. The third-order valence-corrected chi connectivity index (χ3v) is 6.26. The Morgan fingerprint density at radius 1 is 1.00 bits per heavy atom. The highest BCUT2D eigenvalue weighted by Crippen LogP contribution is 2.22. The molecule has 0 saturated carbocycles. The Morgan fingerprint density at radius 3 is 2.41 bits per heavy atom. The fraction of sp³-hybridized carbons (Fsp3) is 0.286. The molecule has 6 heteroatoms. The molecule has 1 saturated heterocycles. The molecule has 2 atom stereocenters. The van der Waals surface area contributed by atoms with Crippen LogP contribution in [0, 0.1) is 11.7 Å².